The fourth-order valence-electron chi connectivity index (χ4n) is 1.77. The van der Waals surface area contributed by atoms with Crippen molar-refractivity contribution in [2.45, 2.75) is 34.1 Å². The molecule has 16 heavy (non-hydrogen) atoms. The quantitative estimate of drug-likeness (QED) is 0.731. The minimum absolute atomic E-state index is 0.311. The van der Waals surface area contributed by atoms with Crippen LogP contribution < -0.4 is 4.74 Å². The second-order valence-corrected chi connectivity index (χ2v) is 5.25. The van der Waals surface area contributed by atoms with E-state index in [0.717, 1.165) is 17.7 Å². The molecule has 0 saturated heterocycles. The summed E-state index contributed by atoms with van der Waals surface area (Å²) in [4.78, 5) is 0. The molecule has 0 unspecified atom stereocenters. The molecule has 0 atom stereocenters. The van der Waals surface area contributed by atoms with Gasteiger partial charge in [0.2, 0.25) is 0 Å². The largest absolute Gasteiger partial charge is 0.493 e. The van der Waals surface area contributed by atoms with Crippen LogP contribution in [0.5, 0.6) is 5.75 Å². The summed E-state index contributed by atoms with van der Waals surface area (Å²) < 4.78 is 5.54. The molecule has 1 heteroatoms. The topological polar surface area (TPSA) is 9.23 Å². The molecule has 0 bridgehead atoms. The molecule has 0 aromatic heterocycles. The molecule has 0 aliphatic heterocycles. The van der Waals surface area contributed by atoms with E-state index >= 15 is 0 Å². The van der Waals surface area contributed by atoms with Crippen LogP contribution in [0.2, 0.25) is 0 Å². The van der Waals surface area contributed by atoms with Gasteiger partial charge in [0.1, 0.15) is 5.75 Å². The molecule has 0 N–H and O–H groups in total. The molecule has 0 amide bonds. The predicted molar refractivity (Wildman–Crippen MR) is 70.9 cm³/mol. The first-order valence-corrected chi connectivity index (χ1v) is 5.84. The Labute approximate surface area is 99.1 Å². The Bertz CT molecular complexity index is 358. The van der Waals surface area contributed by atoms with Gasteiger partial charge in [0.15, 0.2) is 0 Å². The van der Waals surface area contributed by atoms with Gasteiger partial charge >= 0.3 is 0 Å². The number of hydrogen-bond donors (Lipinski definition) is 0. The monoisotopic (exact) mass is 218 g/mol. The van der Waals surface area contributed by atoms with Crippen LogP contribution >= 0.6 is 0 Å². The van der Waals surface area contributed by atoms with Crippen molar-refractivity contribution in [2.24, 2.45) is 5.41 Å². The van der Waals surface area contributed by atoms with Gasteiger partial charge < -0.3 is 4.74 Å². The van der Waals surface area contributed by atoms with Crippen LogP contribution in [-0.2, 0) is 6.42 Å². The van der Waals surface area contributed by atoms with Gasteiger partial charge in [-0.2, -0.15) is 0 Å². The van der Waals surface area contributed by atoms with Crippen molar-refractivity contribution in [1.29, 1.82) is 0 Å². The lowest BCUT2D eigenvalue weighted by molar-refractivity contribution is 0.339. The van der Waals surface area contributed by atoms with Crippen LogP contribution in [-0.4, -0.2) is 6.61 Å². The van der Waals surface area contributed by atoms with Crippen molar-refractivity contribution in [1.82, 2.24) is 0 Å². The molecule has 1 aromatic carbocycles. The number of hydrogen-bond acceptors (Lipinski definition) is 1. The SMILES string of the molecule is C=Cc1cc(CC(C)(C)C)ccc1OCC. The van der Waals surface area contributed by atoms with Gasteiger partial charge in [0.25, 0.3) is 0 Å². The van der Waals surface area contributed by atoms with E-state index in [4.69, 9.17) is 4.74 Å². The zero-order valence-electron chi connectivity index (χ0n) is 10.8. The molecular formula is C15H22O. The number of rotatable bonds is 4. The van der Waals surface area contributed by atoms with Gasteiger partial charge in [0, 0.05) is 5.56 Å². The van der Waals surface area contributed by atoms with Gasteiger partial charge in [-0.3, -0.25) is 0 Å². The highest BCUT2D eigenvalue weighted by Crippen LogP contribution is 2.26. The minimum atomic E-state index is 0.311. The normalized spacial score (nSPS) is 11.2. The summed E-state index contributed by atoms with van der Waals surface area (Å²) in [6.07, 6.45) is 2.93. The Morgan fingerprint density at radius 3 is 2.50 bits per heavy atom. The molecule has 1 nitrogen and oxygen atoms in total. The maximum absolute atomic E-state index is 5.54. The predicted octanol–water partition coefficient (Wildman–Crippen LogP) is 4.32. The Morgan fingerprint density at radius 2 is 2.00 bits per heavy atom. The molecule has 0 aliphatic rings. The van der Waals surface area contributed by atoms with E-state index in [9.17, 15) is 0 Å². The molecule has 0 heterocycles. The van der Waals surface area contributed by atoms with E-state index in [2.05, 4.69) is 39.5 Å². The molecule has 0 spiro atoms. The van der Waals surface area contributed by atoms with Crippen molar-refractivity contribution in [3.63, 3.8) is 0 Å². The molecule has 0 saturated carbocycles. The van der Waals surface area contributed by atoms with Crippen LogP contribution in [0.25, 0.3) is 6.08 Å². The molecule has 1 rings (SSSR count). The van der Waals surface area contributed by atoms with Crippen molar-refractivity contribution in [2.75, 3.05) is 6.61 Å². The number of ether oxygens (including phenoxy) is 1. The second kappa shape index (κ2) is 5.20. The summed E-state index contributed by atoms with van der Waals surface area (Å²) in [5.41, 5.74) is 2.74. The zero-order chi connectivity index (χ0) is 12.2. The van der Waals surface area contributed by atoms with E-state index in [0.29, 0.717) is 12.0 Å². The highest BCUT2D eigenvalue weighted by molar-refractivity contribution is 5.57. The molecule has 1 aromatic rings. The van der Waals surface area contributed by atoms with Crippen molar-refractivity contribution < 1.29 is 4.74 Å². The smallest absolute Gasteiger partial charge is 0.126 e. The van der Waals surface area contributed by atoms with E-state index in [1.165, 1.54) is 5.56 Å². The maximum Gasteiger partial charge on any atom is 0.126 e. The van der Waals surface area contributed by atoms with E-state index in [1.807, 2.05) is 19.1 Å². The Balaban J connectivity index is 2.95. The maximum atomic E-state index is 5.54. The van der Waals surface area contributed by atoms with Gasteiger partial charge in [-0.15, -0.1) is 0 Å². The average Bonchev–Trinajstić information content (AvgIpc) is 2.18. The Kier molecular flexibility index (Phi) is 4.17. The van der Waals surface area contributed by atoms with Crippen LogP contribution in [0.1, 0.15) is 38.8 Å². The lowest BCUT2D eigenvalue weighted by Crippen LogP contribution is -2.09. The van der Waals surface area contributed by atoms with Gasteiger partial charge in [-0.1, -0.05) is 39.5 Å². The first kappa shape index (κ1) is 12.8. The highest BCUT2D eigenvalue weighted by atomic mass is 16.5. The lowest BCUT2D eigenvalue weighted by Gasteiger charge is -2.19. The first-order chi connectivity index (χ1) is 7.46. The third-order valence-electron chi connectivity index (χ3n) is 2.33. The van der Waals surface area contributed by atoms with E-state index in [-0.39, 0.29) is 0 Å². The van der Waals surface area contributed by atoms with Gasteiger partial charge in [-0.05, 0) is 36.5 Å². The van der Waals surface area contributed by atoms with Crippen LogP contribution in [0.15, 0.2) is 24.8 Å². The lowest BCUT2D eigenvalue weighted by atomic mass is 9.87. The molecule has 0 aliphatic carbocycles. The summed E-state index contributed by atoms with van der Waals surface area (Å²) in [6, 6.07) is 6.36. The Morgan fingerprint density at radius 1 is 1.31 bits per heavy atom. The second-order valence-electron chi connectivity index (χ2n) is 5.25. The Hall–Kier alpha value is -1.24. The van der Waals surface area contributed by atoms with E-state index in [1.54, 1.807) is 0 Å². The fourth-order valence-corrected chi connectivity index (χ4v) is 1.77. The third-order valence-corrected chi connectivity index (χ3v) is 2.33. The number of benzene rings is 1. The van der Waals surface area contributed by atoms with Gasteiger partial charge in [0.05, 0.1) is 6.61 Å². The summed E-state index contributed by atoms with van der Waals surface area (Å²) >= 11 is 0. The van der Waals surface area contributed by atoms with Crippen LogP contribution in [0.4, 0.5) is 0 Å². The first-order valence-electron chi connectivity index (χ1n) is 5.84. The summed E-state index contributed by atoms with van der Waals surface area (Å²) in [5.74, 6) is 0.926. The molecule has 0 fully saturated rings. The summed E-state index contributed by atoms with van der Waals surface area (Å²) in [5, 5.41) is 0. The molecular weight excluding hydrogens is 196 g/mol. The zero-order valence-corrected chi connectivity index (χ0v) is 10.8. The van der Waals surface area contributed by atoms with Crippen molar-refractivity contribution in [3.8, 4) is 5.75 Å². The van der Waals surface area contributed by atoms with Crippen molar-refractivity contribution in [3.05, 3.63) is 35.9 Å². The standard InChI is InChI=1S/C15H22O/c1-6-13-10-12(11-15(3,4)5)8-9-14(13)16-7-2/h6,8-10H,1,7,11H2,2-5H3. The summed E-state index contributed by atoms with van der Waals surface area (Å²) in [6.45, 7) is 13.3. The molecule has 0 radical (unpaired) electrons. The minimum Gasteiger partial charge on any atom is -0.493 e. The van der Waals surface area contributed by atoms with E-state index < -0.39 is 0 Å². The average molecular weight is 218 g/mol. The summed E-state index contributed by atoms with van der Waals surface area (Å²) in [7, 11) is 0. The van der Waals surface area contributed by atoms with Crippen molar-refractivity contribution >= 4 is 6.08 Å². The van der Waals surface area contributed by atoms with Crippen LogP contribution in [0, 0.1) is 5.41 Å². The van der Waals surface area contributed by atoms with Gasteiger partial charge in [-0.25, -0.2) is 0 Å². The third kappa shape index (κ3) is 3.73. The van der Waals surface area contributed by atoms with Crippen LogP contribution in [0.3, 0.4) is 0 Å². The highest BCUT2D eigenvalue weighted by Gasteiger charge is 2.12. The molecule has 88 valence electrons. The fraction of sp³-hybridized carbons (Fsp3) is 0.467.